The van der Waals surface area contributed by atoms with Crippen LogP contribution < -0.4 is 10.4 Å². The van der Waals surface area contributed by atoms with E-state index >= 15 is 0 Å². The molecule has 4 rings (SSSR count). The van der Waals surface area contributed by atoms with Gasteiger partial charge in [-0.1, -0.05) is 95.2 Å². The van der Waals surface area contributed by atoms with Gasteiger partial charge >= 0.3 is 0 Å². The van der Waals surface area contributed by atoms with Crippen LogP contribution in [0.1, 0.15) is 72.9 Å². The second-order valence-corrected chi connectivity index (χ2v) is 10.8. The monoisotopic (exact) mass is 381 g/mol. The van der Waals surface area contributed by atoms with Gasteiger partial charge in [-0.05, 0) is 80.3 Å². The molecule has 0 spiro atoms. The summed E-state index contributed by atoms with van der Waals surface area (Å²) >= 11 is 0. The number of hydrogen-bond acceptors (Lipinski definition) is 0. The molecule has 0 amide bonds. The molecule has 0 unspecified atom stereocenters. The molecule has 0 bridgehead atoms. The van der Waals surface area contributed by atoms with E-state index in [-0.39, 0.29) is 10.8 Å². The minimum Gasteiger partial charge on any atom is -0.0686 e. The SMILES string of the molecule is CC(C)=c1ccc2c(c1C1=C(C(C)(C)C)C=C(C(C)(C)C)C1)[C]=c1ccccc1=2. The van der Waals surface area contributed by atoms with Gasteiger partial charge in [0, 0.05) is 0 Å². The zero-order chi connectivity index (χ0) is 21.1. The average molecular weight is 382 g/mol. The third-order valence-electron chi connectivity index (χ3n) is 6.30. The highest BCUT2D eigenvalue weighted by Crippen LogP contribution is 2.47. The Hall–Kier alpha value is -2.34. The first-order valence-corrected chi connectivity index (χ1v) is 10.8. The second-order valence-electron chi connectivity index (χ2n) is 10.8. The fraction of sp³-hybridized carbons (Fsp3) is 0.379. The molecule has 0 nitrogen and oxygen atoms in total. The first kappa shape index (κ1) is 20.0. The van der Waals surface area contributed by atoms with E-state index in [0.717, 1.165) is 6.42 Å². The summed E-state index contributed by atoms with van der Waals surface area (Å²) in [5.41, 5.74) is 8.85. The third-order valence-corrected chi connectivity index (χ3v) is 6.30. The van der Waals surface area contributed by atoms with E-state index in [1.54, 1.807) is 0 Å². The van der Waals surface area contributed by atoms with E-state index in [4.69, 9.17) is 0 Å². The van der Waals surface area contributed by atoms with E-state index in [1.165, 1.54) is 54.3 Å². The highest BCUT2D eigenvalue weighted by atomic mass is 14.4. The normalized spacial score (nSPS) is 15.8. The van der Waals surface area contributed by atoms with Crippen molar-refractivity contribution >= 4 is 17.2 Å². The summed E-state index contributed by atoms with van der Waals surface area (Å²) in [6.45, 7) is 18.5. The van der Waals surface area contributed by atoms with Crippen LogP contribution in [0, 0.1) is 21.3 Å². The lowest BCUT2D eigenvalue weighted by Crippen LogP contribution is -2.16. The summed E-state index contributed by atoms with van der Waals surface area (Å²) in [7, 11) is 0. The molecule has 0 heteroatoms. The van der Waals surface area contributed by atoms with Crippen LogP contribution >= 0.6 is 0 Å². The van der Waals surface area contributed by atoms with Crippen molar-refractivity contribution in [3.8, 4) is 0 Å². The summed E-state index contributed by atoms with van der Waals surface area (Å²) in [5, 5.41) is 5.22. The number of allylic oxidation sites excluding steroid dienone is 4. The molecular formula is C29H33. The molecule has 2 aliphatic rings. The van der Waals surface area contributed by atoms with Crippen LogP contribution in [-0.4, -0.2) is 0 Å². The first-order valence-electron chi connectivity index (χ1n) is 10.8. The van der Waals surface area contributed by atoms with Crippen molar-refractivity contribution in [3.63, 3.8) is 0 Å². The smallest absolute Gasteiger partial charge is 0.000731 e. The largest absolute Gasteiger partial charge is 0.0686 e. The minimum atomic E-state index is 0.107. The van der Waals surface area contributed by atoms with Crippen LogP contribution in [-0.2, 0) is 0 Å². The van der Waals surface area contributed by atoms with E-state index in [0.29, 0.717) is 0 Å². The Morgan fingerprint density at radius 3 is 2.14 bits per heavy atom. The predicted molar refractivity (Wildman–Crippen MR) is 126 cm³/mol. The van der Waals surface area contributed by atoms with Crippen LogP contribution in [0.25, 0.3) is 17.2 Å². The summed E-state index contributed by atoms with van der Waals surface area (Å²) in [4.78, 5) is 0. The average Bonchev–Trinajstić information content (AvgIpc) is 3.22. The number of benzene rings is 2. The molecule has 2 aliphatic carbocycles. The Morgan fingerprint density at radius 1 is 0.828 bits per heavy atom. The predicted octanol–water partition coefficient (Wildman–Crippen LogP) is 6.36. The van der Waals surface area contributed by atoms with E-state index < -0.39 is 0 Å². The van der Waals surface area contributed by atoms with Gasteiger partial charge in [0.1, 0.15) is 0 Å². The van der Waals surface area contributed by atoms with Gasteiger partial charge in [-0.3, -0.25) is 0 Å². The number of hydrogen-bond donors (Lipinski definition) is 0. The van der Waals surface area contributed by atoms with Gasteiger partial charge in [-0.25, -0.2) is 0 Å². The van der Waals surface area contributed by atoms with Crippen LogP contribution in [0.15, 0.2) is 53.6 Å². The quantitative estimate of drug-likeness (QED) is 0.460. The Bertz CT molecular complexity index is 1280. The van der Waals surface area contributed by atoms with Crippen LogP contribution in [0.3, 0.4) is 0 Å². The molecule has 0 aromatic heterocycles. The van der Waals surface area contributed by atoms with Crippen molar-refractivity contribution in [1.29, 1.82) is 0 Å². The molecule has 0 fully saturated rings. The fourth-order valence-corrected chi connectivity index (χ4v) is 4.62. The maximum Gasteiger partial charge on any atom is -0.000731 e. The molecule has 0 atom stereocenters. The third kappa shape index (κ3) is 3.33. The maximum absolute atomic E-state index is 3.77. The molecule has 2 aromatic rings. The number of rotatable bonds is 1. The van der Waals surface area contributed by atoms with Gasteiger partial charge < -0.3 is 0 Å². The van der Waals surface area contributed by atoms with Crippen LogP contribution in [0.5, 0.6) is 0 Å². The lowest BCUT2D eigenvalue weighted by Gasteiger charge is -2.23. The Kier molecular flexibility index (Phi) is 4.53. The molecule has 0 N–H and O–H groups in total. The van der Waals surface area contributed by atoms with Gasteiger partial charge in [-0.15, -0.1) is 0 Å². The molecule has 1 radical (unpaired) electrons. The van der Waals surface area contributed by atoms with Crippen molar-refractivity contribution in [2.75, 3.05) is 0 Å². The summed E-state index contributed by atoms with van der Waals surface area (Å²) in [6.07, 6.45) is 7.30. The Morgan fingerprint density at radius 2 is 1.52 bits per heavy atom. The van der Waals surface area contributed by atoms with Crippen molar-refractivity contribution in [3.05, 3.63) is 85.6 Å². The zero-order valence-electron chi connectivity index (χ0n) is 19.2. The fourth-order valence-electron chi connectivity index (χ4n) is 4.62. The molecule has 0 saturated heterocycles. The Labute approximate surface area is 175 Å². The lowest BCUT2D eigenvalue weighted by molar-refractivity contribution is 0.494. The van der Waals surface area contributed by atoms with E-state index in [2.05, 4.69) is 104 Å². The maximum atomic E-state index is 3.77. The Balaban J connectivity index is 2.11. The summed E-state index contributed by atoms with van der Waals surface area (Å²) in [6, 6.07) is 13.3. The van der Waals surface area contributed by atoms with Crippen molar-refractivity contribution in [1.82, 2.24) is 0 Å². The van der Waals surface area contributed by atoms with Gasteiger partial charge in [0.2, 0.25) is 0 Å². The zero-order valence-corrected chi connectivity index (χ0v) is 19.2. The summed E-state index contributed by atoms with van der Waals surface area (Å²) < 4.78 is 0. The number of fused-ring (bicyclic) bond motifs is 2. The molecule has 0 heterocycles. The highest BCUT2D eigenvalue weighted by Gasteiger charge is 2.32. The van der Waals surface area contributed by atoms with Gasteiger partial charge in [0.25, 0.3) is 0 Å². The van der Waals surface area contributed by atoms with Crippen molar-refractivity contribution < 1.29 is 0 Å². The van der Waals surface area contributed by atoms with Gasteiger partial charge in [0.15, 0.2) is 0 Å². The van der Waals surface area contributed by atoms with Gasteiger partial charge in [0.05, 0.1) is 0 Å². The molecule has 2 aromatic carbocycles. The van der Waals surface area contributed by atoms with Crippen molar-refractivity contribution in [2.24, 2.45) is 10.8 Å². The topological polar surface area (TPSA) is 0 Å². The lowest BCUT2D eigenvalue weighted by atomic mass is 9.81. The standard InChI is InChI=1S/C29H33/c1-18(2)21-13-14-23-22-12-10-9-11-19(22)15-24(23)27(21)25-16-20(28(3,4)5)17-26(25)29(6,7)8/h9-14,17H,16H2,1-8H3. The van der Waals surface area contributed by atoms with Crippen LogP contribution in [0.2, 0.25) is 0 Å². The van der Waals surface area contributed by atoms with Crippen LogP contribution in [0.4, 0.5) is 0 Å². The molecule has 29 heavy (non-hydrogen) atoms. The molecule has 149 valence electrons. The first-order chi connectivity index (χ1) is 13.5. The van der Waals surface area contributed by atoms with Gasteiger partial charge in [-0.2, -0.15) is 0 Å². The van der Waals surface area contributed by atoms with Crippen molar-refractivity contribution in [2.45, 2.75) is 61.8 Å². The molecule has 0 saturated carbocycles. The minimum absolute atomic E-state index is 0.107. The second kappa shape index (κ2) is 6.59. The summed E-state index contributed by atoms with van der Waals surface area (Å²) in [5.74, 6) is 0. The molecule has 0 aliphatic heterocycles. The van der Waals surface area contributed by atoms with E-state index in [1.807, 2.05) is 0 Å². The molecular weight excluding hydrogens is 348 g/mol. The highest BCUT2D eigenvalue weighted by molar-refractivity contribution is 5.84. The van der Waals surface area contributed by atoms with E-state index in [9.17, 15) is 0 Å².